The molecule has 0 aliphatic carbocycles. The van der Waals surface area contributed by atoms with Crippen LogP contribution >= 0.6 is 0 Å². The molecular formula is C20H19FO4. The maximum atomic E-state index is 14.3. The highest BCUT2D eigenvalue weighted by Gasteiger charge is 2.11. The average molecular weight is 342 g/mol. The van der Waals surface area contributed by atoms with E-state index in [0.717, 1.165) is 6.07 Å². The number of rotatable bonds is 6. The maximum absolute atomic E-state index is 14.3. The van der Waals surface area contributed by atoms with E-state index in [1.54, 1.807) is 31.2 Å². The Balaban J connectivity index is 2.17. The first-order valence-electron chi connectivity index (χ1n) is 7.55. The number of aliphatic hydroxyl groups excluding tert-OH is 1. The van der Waals surface area contributed by atoms with E-state index >= 15 is 0 Å². The molecule has 0 aromatic heterocycles. The van der Waals surface area contributed by atoms with Crippen molar-refractivity contribution in [1.29, 1.82) is 0 Å². The molecule has 0 amide bonds. The molecule has 0 heterocycles. The molecule has 0 aliphatic rings. The third-order valence-corrected chi connectivity index (χ3v) is 3.33. The first kappa shape index (κ1) is 18.4. The number of benzene rings is 2. The van der Waals surface area contributed by atoms with Crippen molar-refractivity contribution in [3.8, 4) is 22.6 Å². The molecule has 130 valence electrons. The lowest BCUT2D eigenvalue weighted by Crippen LogP contribution is -2.15. The van der Waals surface area contributed by atoms with Crippen LogP contribution in [0, 0.1) is 5.82 Å². The second kappa shape index (κ2) is 7.77. The summed E-state index contributed by atoms with van der Waals surface area (Å²) in [6.45, 7) is 10.2. The molecule has 5 heteroatoms. The molecule has 0 aliphatic heterocycles. The summed E-state index contributed by atoms with van der Waals surface area (Å²) in [5, 5.41) is 9.62. The van der Waals surface area contributed by atoms with Gasteiger partial charge in [-0.2, -0.15) is 0 Å². The molecule has 0 fully saturated rings. The average Bonchev–Trinajstić information content (AvgIpc) is 2.55. The van der Waals surface area contributed by atoms with Gasteiger partial charge in [0.2, 0.25) is 6.29 Å². The molecule has 0 bridgehead atoms. The zero-order valence-electron chi connectivity index (χ0n) is 14.1. The smallest absolute Gasteiger partial charge is 0.338 e. The van der Waals surface area contributed by atoms with Gasteiger partial charge in [-0.15, -0.1) is 0 Å². The van der Waals surface area contributed by atoms with E-state index in [1.165, 1.54) is 19.1 Å². The first-order valence-corrected chi connectivity index (χ1v) is 7.55. The van der Waals surface area contributed by atoms with E-state index in [0.29, 0.717) is 22.4 Å². The normalized spacial score (nSPS) is 11.5. The van der Waals surface area contributed by atoms with Crippen LogP contribution in [-0.4, -0.2) is 17.4 Å². The number of hydrogen-bond acceptors (Lipinski definition) is 4. The summed E-state index contributed by atoms with van der Waals surface area (Å²) < 4.78 is 24.6. The summed E-state index contributed by atoms with van der Waals surface area (Å²) in [5.41, 5.74) is 1.68. The number of halogens is 1. The number of carbonyl (C=O) groups is 1. The van der Waals surface area contributed by atoms with Crippen LogP contribution in [0.25, 0.3) is 11.1 Å². The fourth-order valence-electron chi connectivity index (χ4n) is 1.93. The molecule has 4 nitrogen and oxygen atoms in total. The summed E-state index contributed by atoms with van der Waals surface area (Å²) in [5.74, 6) is -0.585. The van der Waals surface area contributed by atoms with Gasteiger partial charge >= 0.3 is 5.97 Å². The van der Waals surface area contributed by atoms with Crippen molar-refractivity contribution in [2.45, 2.75) is 20.1 Å². The van der Waals surface area contributed by atoms with Gasteiger partial charge in [0.15, 0.2) is 0 Å². The Hall–Kier alpha value is -2.92. The summed E-state index contributed by atoms with van der Waals surface area (Å²) in [6.07, 6.45) is -1.09. The van der Waals surface area contributed by atoms with Gasteiger partial charge in [0.25, 0.3) is 0 Å². The van der Waals surface area contributed by atoms with Crippen LogP contribution in [0.15, 0.2) is 66.8 Å². The van der Waals surface area contributed by atoms with Crippen molar-refractivity contribution in [3.63, 3.8) is 0 Å². The Morgan fingerprint density at radius 2 is 1.68 bits per heavy atom. The fourth-order valence-corrected chi connectivity index (χ4v) is 1.93. The number of esters is 1. The summed E-state index contributed by atoms with van der Waals surface area (Å²) >= 11 is 0. The second-order valence-corrected chi connectivity index (χ2v) is 5.65. The Morgan fingerprint density at radius 1 is 1.08 bits per heavy atom. The minimum atomic E-state index is -1.09. The topological polar surface area (TPSA) is 55.8 Å². The largest absolute Gasteiger partial charge is 0.461 e. The van der Waals surface area contributed by atoms with Crippen molar-refractivity contribution in [2.75, 3.05) is 0 Å². The summed E-state index contributed by atoms with van der Waals surface area (Å²) in [6, 6.07) is 10.7. The van der Waals surface area contributed by atoms with E-state index in [1.807, 2.05) is 0 Å². The Morgan fingerprint density at radius 3 is 2.20 bits per heavy atom. The maximum Gasteiger partial charge on any atom is 0.338 e. The van der Waals surface area contributed by atoms with Crippen LogP contribution in [0.3, 0.4) is 0 Å². The fraction of sp³-hybridized carbons (Fsp3) is 0.150. The van der Waals surface area contributed by atoms with Gasteiger partial charge in [0.1, 0.15) is 17.3 Å². The van der Waals surface area contributed by atoms with E-state index in [4.69, 9.17) is 9.47 Å². The minimum Gasteiger partial charge on any atom is -0.461 e. The van der Waals surface area contributed by atoms with Crippen LogP contribution in [0.5, 0.6) is 11.5 Å². The van der Waals surface area contributed by atoms with Gasteiger partial charge in [-0.1, -0.05) is 25.3 Å². The number of hydrogen-bond donors (Lipinski definition) is 1. The van der Waals surface area contributed by atoms with Crippen molar-refractivity contribution in [3.05, 3.63) is 72.6 Å². The molecule has 25 heavy (non-hydrogen) atoms. The molecule has 1 N–H and O–H groups in total. The van der Waals surface area contributed by atoms with Gasteiger partial charge in [0.05, 0.1) is 0 Å². The van der Waals surface area contributed by atoms with E-state index in [-0.39, 0.29) is 11.3 Å². The molecule has 0 radical (unpaired) electrons. The predicted octanol–water partition coefficient (Wildman–Crippen LogP) is 4.25. The molecule has 1 atom stereocenters. The highest BCUT2D eigenvalue weighted by molar-refractivity contribution is 5.88. The summed E-state index contributed by atoms with van der Waals surface area (Å²) in [4.78, 5) is 11.5. The predicted molar refractivity (Wildman–Crippen MR) is 93.7 cm³/mol. The van der Waals surface area contributed by atoms with Crippen LogP contribution in [0.2, 0.25) is 0 Å². The zero-order valence-corrected chi connectivity index (χ0v) is 14.1. The molecule has 0 saturated carbocycles. The number of carbonyl (C=O) groups excluding carboxylic acids is 1. The van der Waals surface area contributed by atoms with Gasteiger partial charge in [-0.05, 0) is 49.2 Å². The SMILES string of the molecule is C=C(C)C(=O)Oc1ccc(-c2ccc(OC(O)C(=C)C)cc2)c(F)c1. The minimum absolute atomic E-state index is 0.110. The van der Waals surface area contributed by atoms with Crippen LogP contribution in [0.1, 0.15) is 13.8 Å². The van der Waals surface area contributed by atoms with Crippen LogP contribution in [-0.2, 0) is 4.79 Å². The van der Waals surface area contributed by atoms with Gasteiger partial charge in [-0.25, -0.2) is 9.18 Å². The zero-order chi connectivity index (χ0) is 18.6. The van der Waals surface area contributed by atoms with Crippen molar-refractivity contribution in [1.82, 2.24) is 0 Å². The molecule has 1 unspecified atom stereocenters. The van der Waals surface area contributed by atoms with Gasteiger partial charge in [-0.3, -0.25) is 0 Å². The first-order chi connectivity index (χ1) is 11.8. The standard InChI is InChI=1S/C20H19FO4/c1-12(2)19(22)24-15-7-5-14(6-8-15)17-10-9-16(11-18(17)21)25-20(23)13(3)4/h5-11,19,22H,1,3H2,2,4H3. The lowest BCUT2D eigenvalue weighted by Gasteiger charge is -2.13. The van der Waals surface area contributed by atoms with Crippen molar-refractivity contribution >= 4 is 5.97 Å². The van der Waals surface area contributed by atoms with E-state index in [2.05, 4.69) is 13.2 Å². The van der Waals surface area contributed by atoms with E-state index < -0.39 is 18.1 Å². The molecule has 2 aromatic carbocycles. The number of aliphatic hydroxyl groups is 1. The van der Waals surface area contributed by atoms with Crippen molar-refractivity contribution < 1.29 is 23.8 Å². The van der Waals surface area contributed by atoms with Crippen LogP contribution in [0.4, 0.5) is 4.39 Å². The highest BCUT2D eigenvalue weighted by atomic mass is 19.1. The molecule has 2 aromatic rings. The molecular weight excluding hydrogens is 323 g/mol. The summed E-state index contributed by atoms with van der Waals surface area (Å²) in [7, 11) is 0. The Kier molecular flexibility index (Phi) is 5.72. The molecule has 0 saturated heterocycles. The van der Waals surface area contributed by atoms with Crippen LogP contribution < -0.4 is 9.47 Å². The number of ether oxygens (including phenoxy) is 2. The van der Waals surface area contributed by atoms with E-state index in [9.17, 15) is 14.3 Å². The lowest BCUT2D eigenvalue weighted by atomic mass is 10.0. The monoisotopic (exact) mass is 342 g/mol. The third kappa shape index (κ3) is 4.78. The Bertz CT molecular complexity index is 809. The van der Waals surface area contributed by atoms with Crippen molar-refractivity contribution in [2.24, 2.45) is 0 Å². The molecule has 0 spiro atoms. The second-order valence-electron chi connectivity index (χ2n) is 5.65. The van der Waals surface area contributed by atoms with Gasteiger partial charge in [0, 0.05) is 17.2 Å². The quantitative estimate of drug-likeness (QED) is 0.280. The third-order valence-electron chi connectivity index (χ3n) is 3.33. The van der Waals surface area contributed by atoms with Gasteiger partial charge < -0.3 is 14.6 Å². The molecule has 2 rings (SSSR count). The highest BCUT2D eigenvalue weighted by Crippen LogP contribution is 2.28. The Labute approximate surface area is 145 Å². The lowest BCUT2D eigenvalue weighted by molar-refractivity contribution is -0.130.